The lowest BCUT2D eigenvalue weighted by atomic mass is 10.0. The summed E-state index contributed by atoms with van der Waals surface area (Å²) in [5.74, 6) is 1.84. The van der Waals surface area contributed by atoms with Crippen LogP contribution in [-0.2, 0) is 11.3 Å². The standard InChI is InChI=1S/C17H23N3O3/c1-4-17(2)12-20(9-10-22-17)11-15-18-19-16(23-15)13-7-5-6-8-14(13)21-3/h5-8H,4,9-12H2,1-3H3. The molecule has 3 rings (SSSR count). The average molecular weight is 317 g/mol. The Morgan fingerprint density at radius 2 is 2.13 bits per heavy atom. The van der Waals surface area contributed by atoms with Gasteiger partial charge in [-0.15, -0.1) is 10.2 Å². The van der Waals surface area contributed by atoms with Crippen molar-refractivity contribution >= 4 is 0 Å². The van der Waals surface area contributed by atoms with Gasteiger partial charge in [0.05, 0.1) is 31.4 Å². The third kappa shape index (κ3) is 3.54. The molecule has 1 fully saturated rings. The van der Waals surface area contributed by atoms with Gasteiger partial charge in [0, 0.05) is 13.1 Å². The number of morpholine rings is 1. The van der Waals surface area contributed by atoms with Crippen molar-refractivity contribution < 1.29 is 13.9 Å². The molecular weight excluding hydrogens is 294 g/mol. The molecule has 6 heteroatoms. The van der Waals surface area contributed by atoms with E-state index in [9.17, 15) is 0 Å². The summed E-state index contributed by atoms with van der Waals surface area (Å²) in [6.45, 7) is 7.42. The molecule has 124 valence electrons. The summed E-state index contributed by atoms with van der Waals surface area (Å²) >= 11 is 0. The van der Waals surface area contributed by atoms with Gasteiger partial charge in [0.1, 0.15) is 5.75 Å². The Labute approximate surface area is 136 Å². The van der Waals surface area contributed by atoms with Crippen LogP contribution in [0.3, 0.4) is 0 Å². The highest BCUT2D eigenvalue weighted by atomic mass is 16.5. The van der Waals surface area contributed by atoms with Crippen LogP contribution in [0, 0.1) is 0 Å². The average Bonchev–Trinajstić information content (AvgIpc) is 3.03. The Morgan fingerprint density at radius 3 is 2.91 bits per heavy atom. The number of ether oxygens (including phenoxy) is 2. The van der Waals surface area contributed by atoms with Crippen molar-refractivity contribution in [2.24, 2.45) is 0 Å². The molecule has 1 aliphatic rings. The van der Waals surface area contributed by atoms with Crippen LogP contribution in [-0.4, -0.2) is 47.5 Å². The summed E-state index contributed by atoms with van der Waals surface area (Å²) in [6.07, 6.45) is 0.986. The number of aromatic nitrogens is 2. The molecule has 23 heavy (non-hydrogen) atoms. The van der Waals surface area contributed by atoms with Gasteiger partial charge in [-0.3, -0.25) is 4.90 Å². The van der Waals surface area contributed by atoms with Crippen molar-refractivity contribution in [2.45, 2.75) is 32.4 Å². The zero-order valence-corrected chi connectivity index (χ0v) is 13.9. The first-order valence-corrected chi connectivity index (χ1v) is 7.95. The predicted molar refractivity (Wildman–Crippen MR) is 86.2 cm³/mol. The van der Waals surface area contributed by atoms with Crippen molar-refractivity contribution in [3.8, 4) is 17.2 Å². The van der Waals surface area contributed by atoms with E-state index in [-0.39, 0.29) is 5.60 Å². The normalized spacial score (nSPS) is 22.2. The van der Waals surface area contributed by atoms with E-state index in [1.54, 1.807) is 7.11 Å². The molecule has 2 aromatic rings. The van der Waals surface area contributed by atoms with Gasteiger partial charge in [0.15, 0.2) is 0 Å². The SMILES string of the molecule is CCC1(C)CN(Cc2nnc(-c3ccccc3OC)o2)CCO1. The lowest BCUT2D eigenvalue weighted by Crippen LogP contribution is -2.49. The third-order valence-corrected chi connectivity index (χ3v) is 4.33. The Bertz CT molecular complexity index is 658. The highest BCUT2D eigenvalue weighted by molar-refractivity contribution is 5.62. The van der Waals surface area contributed by atoms with Crippen LogP contribution in [0.1, 0.15) is 26.2 Å². The van der Waals surface area contributed by atoms with E-state index in [4.69, 9.17) is 13.9 Å². The summed E-state index contributed by atoms with van der Waals surface area (Å²) < 4.78 is 17.0. The molecule has 1 saturated heterocycles. The second kappa shape index (κ2) is 6.68. The second-order valence-corrected chi connectivity index (χ2v) is 6.06. The van der Waals surface area contributed by atoms with Gasteiger partial charge >= 0.3 is 0 Å². The van der Waals surface area contributed by atoms with Gasteiger partial charge < -0.3 is 13.9 Å². The summed E-state index contributed by atoms with van der Waals surface area (Å²) in [7, 11) is 1.63. The first-order chi connectivity index (χ1) is 11.1. The van der Waals surface area contributed by atoms with E-state index in [1.165, 1.54) is 0 Å². The number of methoxy groups -OCH3 is 1. The van der Waals surface area contributed by atoms with Crippen LogP contribution in [0.5, 0.6) is 5.75 Å². The van der Waals surface area contributed by atoms with E-state index in [1.807, 2.05) is 24.3 Å². The largest absolute Gasteiger partial charge is 0.496 e. The molecule has 1 atom stereocenters. The van der Waals surface area contributed by atoms with Crippen LogP contribution < -0.4 is 4.74 Å². The van der Waals surface area contributed by atoms with Crippen LogP contribution in [0.4, 0.5) is 0 Å². The Kier molecular flexibility index (Phi) is 4.63. The maximum absolute atomic E-state index is 5.86. The van der Waals surface area contributed by atoms with Crippen molar-refractivity contribution in [1.29, 1.82) is 0 Å². The van der Waals surface area contributed by atoms with Gasteiger partial charge in [-0.25, -0.2) is 0 Å². The van der Waals surface area contributed by atoms with Gasteiger partial charge in [-0.1, -0.05) is 19.1 Å². The second-order valence-electron chi connectivity index (χ2n) is 6.06. The lowest BCUT2D eigenvalue weighted by molar-refractivity contribution is -0.103. The minimum Gasteiger partial charge on any atom is -0.496 e. The van der Waals surface area contributed by atoms with Crippen molar-refractivity contribution in [1.82, 2.24) is 15.1 Å². The topological polar surface area (TPSA) is 60.6 Å². The fraction of sp³-hybridized carbons (Fsp3) is 0.529. The monoisotopic (exact) mass is 317 g/mol. The van der Waals surface area contributed by atoms with Crippen molar-refractivity contribution in [3.63, 3.8) is 0 Å². The van der Waals surface area contributed by atoms with E-state index >= 15 is 0 Å². The minimum atomic E-state index is -0.0935. The van der Waals surface area contributed by atoms with E-state index in [0.29, 0.717) is 18.3 Å². The molecule has 1 aromatic heterocycles. The number of nitrogens with zero attached hydrogens (tertiary/aromatic N) is 3. The number of hydrogen-bond acceptors (Lipinski definition) is 6. The summed E-state index contributed by atoms with van der Waals surface area (Å²) in [4.78, 5) is 2.30. The highest BCUT2D eigenvalue weighted by Gasteiger charge is 2.31. The van der Waals surface area contributed by atoms with Crippen LogP contribution in [0.2, 0.25) is 0 Å². The fourth-order valence-corrected chi connectivity index (χ4v) is 2.81. The molecule has 1 aliphatic heterocycles. The Balaban J connectivity index is 1.72. The molecule has 6 nitrogen and oxygen atoms in total. The molecule has 0 saturated carbocycles. The van der Waals surface area contributed by atoms with Crippen LogP contribution in [0.25, 0.3) is 11.5 Å². The minimum absolute atomic E-state index is 0.0935. The van der Waals surface area contributed by atoms with Crippen LogP contribution >= 0.6 is 0 Å². The number of para-hydroxylation sites is 1. The molecule has 0 amide bonds. The molecule has 0 spiro atoms. The van der Waals surface area contributed by atoms with Gasteiger partial charge in [0.2, 0.25) is 5.89 Å². The van der Waals surface area contributed by atoms with Gasteiger partial charge in [-0.2, -0.15) is 0 Å². The predicted octanol–water partition coefficient (Wildman–Crippen LogP) is 2.75. The quantitative estimate of drug-likeness (QED) is 0.845. The number of hydrogen-bond donors (Lipinski definition) is 0. The van der Waals surface area contributed by atoms with Crippen molar-refractivity contribution in [2.75, 3.05) is 26.8 Å². The maximum Gasteiger partial charge on any atom is 0.251 e. The molecule has 0 N–H and O–H groups in total. The van der Waals surface area contributed by atoms with E-state index in [0.717, 1.165) is 37.4 Å². The molecule has 0 aliphatic carbocycles. The zero-order chi connectivity index (χ0) is 16.3. The zero-order valence-electron chi connectivity index (χ0n) is 13.9. The molecule has 0 bridgehead atoms. The fourth-order valence-electron chi connectivity index (χ4n) is 2.81. The van der Waals surface area contributed by atoms with E-state index < -0.39 is 0 Å². The highest BCUT2D eigenvalue weighted by Crippen LogP contribution is 2.29. The lowest BCUT2D eigenvalue weighted by Gasteiger charge is -2.39. The van der Waals surface area contributed by atoms with Gasteiger partial charge in [0.25, 0.3) is 5.89 Å². The third-order valence-electron chi connectivity index (χ3n) is 4.33. The van der Waals surface area contributed by atoms with E-state index in [2.05, 4.69) is 28.9 Å². The summed E-state index contributed by atoms with van der Waals surface area (Å²) in [5, 5.41) is 8.34. The molecule has 2 heterocycles. The summed E-state index contributed by atoms with van der Waals surface area (Å²) in [6, 6.07) is 7.64. The smallest absolute Gasteiger partial charge is 0.251 e. The molecule has 1 unspecified atom stereocenters. The summed E-state index contributed by atoms with van der Waals surface area (Å²) in [5.41, 5.74) is 0.721. The van der Waals surface area contributed by atoms with Gasteiger partial charge in [-0.05, 0) is 25.5 Å². The maximum atomic E-state index is 5.86. The van der Waals surface area contributed by atoms with Crippen LogP contribution in [0.15, 0.2) is 28.7 Å². The Hall–Kier alpha value is -1.92. The molecular formula is C17H23N3O3. The molecule has 1 aromatic carbocycles. The first kappa shape index (κ1) is 16.0. The number of benzene rings is 1. The molecule has 0 radical (unpaired) electrons. The van der Waals surface area contributed by atoms with Crippen molar-refractivity contribution in [3.05, 3.63) is 30.2 Å². The first-order valence-electron chi connectivity index (χ1n) is 7.95. The Morgan fingerprint density at radius 1 is 1.30 bits per heavy atom. The number of rotatable bonds is 5.